The van der Waals surface area contributed by atoms with Crippen LogP contribution in [0.5, 0.6) is 0 Å². The Labute approximate surface area is 137 Å². The molecule has 1 saturated heterocycles. The van der Waals surface area contributed by atoms with Gasteiger partial charge in [0.1, 0.15) is 0 Å². The average molecular weight is 316 g/mol. The van der Waals surface area contributed by atoms with Gasteiger partial charge in [0.2, 0.25) is 0 Å². The third-order valence-electron chi connectivity index (χ3n) is 4.94. The molecule has 3 atom stereocenters. The number of Topliss-reactive ketones (excluding diaryl/α,β-unsaturated/α-hetero) is 1. The summed E-state index contributed by atoms with van der Waals surface area (Å²) in [6.07, 6.45) is 1.25. The van der Waals surface area contributed by atoms with Crippen LogP contribution in [-0.2, 0) is 20.7 Å². The molecule has 5 heteroatoms. The molecule has 0 amide bonds. The van der Waals surface area contributed by atoms with Gasteiger partial charge in [-0.1, -0.05) is 18.2 Å². The highest BCUT2D eigenvalue weighted by Crippen LogP contribution is 2.33. The van der Waals surface area contributed by atoms with Gasteiger partial charge >= 0.3 is 5.97 Å². The summed E-state index contributed by atoms with van der Waals surface area (Å²) in [5.41, 5.74) is 2.58. The quantitative estimate of drug-likeness (QED) is 0.854. The first-order valence-corrected chi connectivity index (χ1v) is 8.34. The van der Waals surface area contributed by atoms with E-state index in [4.69, 9.17) is 4.74 Å². The fourth-order valence-corrected chi connectivity index (χ4v) is 3.51. The number of ether oxygens (including phenoxy) is 1. The SMILES string of the molecule is CC(=O)C(C)OC(=O)C1CNCCC1N1CCc2ccccc21. The number of para-hydroxylation sites is 1. The van der Waals surface area contributed by atoms with Crippen LogP contribution in [0.3, 0.4) is 0 Å². The van der Waals surface area contributed by atoms with Crippen LogP contribution in [0, 0.1) is 5.92 Å². The van der Waals surface area contributed by atoms with Crippen molar-refractivity contribution in [1.82, 2.24) is 5.32 Å². The van der Waals surface area contributed by atoms with Crippen LogP contribution in [0.4, 0.5) is 5.69 Å². The van der Waals surface area contributed by atoms with E-state index in [1.165, 1.54) is 18.2 Å². The van der Waals surface area contributed by atoms with Crippen LogP contribution in [-0.4, -0.2) is 43.5 Å². The van der Waals surface area contributed by atoms with E-state index in [0.717, 1.165) is 25.9 Å². The Hall–Kier alpha value is -1.88. The first kappa shape index (κ1) is 16.0. The average Bonchev–Trinajstić information content (AvgIpc) is 2.98. The molecule has 0 spiro atoms. The number of nitrogens with one attached hydrogen (secondary N) is 1. The van der Waals surface area contributed by atoms with Gasteiger partial charge in [-0.2, -0.15) is 0 Å². The lowest BCUT2D eigenvalue weighted by Gasteiger charge is -2.38. The Morgan fingerprint density at radius 1 is 1.35 bits per heavy atom. The van der Waals surface area contributed by atoms with Crippen LogP contribution in [0.25, 0.3) is 0 Å². The fourth-order valence-electron chi connectivity index (χ4n) is 3.51. The molecule has 0 bridgehead atoms. The maximum absolute atomic E-state index is 12.6. The first-order chi connectivity index (χ1) is 11.1. The van der Waals surface area contributed by atoms with Crippen LogP contribution in [0.2, 0.25) is 0 Å². The predicted octanol–water partition coefficient (Wildman–Crippen LogP) is 1.55. The molecule has 0 radical (unpaired) electrons. The van der Waals surface area contributed by atoms with Gasteiger partial charge in [-0.3, -0.25) is 9.59 Å². The normalized spacial score (nSPS) is 24.9. The monoisotopic (exact) mass is 316 g/mol. The van der Waals surface area contributed by atoms with Gasteiger partial charge in [-0.15, -0.1) is 0 Å². The lowest BCUT2D eigenvalue weighted by molar-refractivity contribution is -0.158. The summed E-state index contributed by atoms with van der Waals surface area (Å²) in [7, 11) is 0. The lowest BCUT2D eigenvalue weighted by Crippen LogP contribution is -2.53. The summed E-state index contributed by atoms with van der Waals surface area (Å²) in [5.74, 6) is -0.629. The maximum atomic E-state index is 12.6. The number of carbonyl (C=O) groups is 2. The van der Waals surface area contributed by atoms with Crippen LogP contribution in [0.1, 0.15) is 25.8 Å². The van der Waals surface area contributed by atoms with Gasteiger partial charge in [0.15, 0.2) is 11.9 Å². The topological polar surface area (TPSA) is 58.6 Å². The molecule has 1 N–H and O–H groups in total. The van der Waals surface area contributed by atoms with Gasteiger partial charge in [0.25, 0.3) is 0 Å². The van der Waals surface area contributed by atoms with Gasteiger partial charge in [-0.05, 0) is 44.9 Å². The zero-order valence-corrected chi connectivity index (χ0v) is 13.7. The summed E-state index contributed by atoms with van der Waals surface area (Å²) in [6.45, 7) is 5.53. The highest BCUT2D eigenvalue weighted by molar-refractivity contribution is 5.84. The van der Waals surface area contributed by atoms with Crippen molar-refractivity contribution < 1.29 is 14.3 Å². The number of ketones is 1. The van der Waals surface area contributed by atoms with Crippen molar-refractivity contribution in [2.75, 3.05) is 24.5 Å². The van der Waals surface area contributed by atoms with Gasteiger partial charge in [-0.25, -0.2) is 0 Å². The van der Waals surface area contributed by atoms with Crippen LogP contribution < -0.4 is 10.2 Å². The minimum atomic E-state index is -0.670. The summed E-state index contributed by atoms with van der Waals surface area (Å²) in [5, 5.41) is 3.28. The van der Waals surface area contributed by atoms with E-state index in [0.29, 0.717) is 6.54 Å². The van der Waals surface area contributed by atoms with Crippen molar-refractivity contribution >= 4 is 17.4 Å². The van der Waals surface area contributed by atoms with E-state index >= 15 is 0 Å². The summed E-state index contributed by atoms with van der Waals surface area (Å²) < 4.78 is 5.37. The Bertz CT molecular complexity index is 602. The molecule has 23 heavy (non-hydrogen) atoms. The number of benzene rings is 1. The van der Waals surface area contributed by atoms with E-state index in [9.17, 15) is 9.59 Å². The number of hydrogen-bond donors (Lipinski definition) is 1. The zero-order valence-electron chi connectivity index (χ0n) is 13.7. The molecule has 3 unspecified atom stereocenters. The minimum Gasteiger partial charge on any atom is -0.454 e. The van der Waals surface area contributed by atoms with E-state index in [1.807, 2.05) is 6.07 Å². The second-order valence-electron chi connectivity index (χ2n) is 6.43. The molecule has 2 heterocycles. The molecule has 2 aliphatic rings. The van der Waals surface area contributed by atoms with E-state index < -0.39 is 6.10 Å². The number of fused-ring (bicyclic) bond motifs is 1. The van der Waals surface area contributed by atoms with Crippen LogP contribution in [0.15, 0.2) is 24.3 Å². The molecule has 1 fully saturated rings. The smallest absolute Gasteiger partial charge is 0.313 e. The molecular formula is C18H24N2O3. The lowest BCUT2D eigenvalue weighted by atomic mass is 9.91. The minimum absolute atomic E-state index is 0.120. The second kappa shape index (κ2) is 6.71. The molecule has 1 aromatic rings. The molecule has 124 valence electrons. The fraction of sp³-hybridized carbons (Fsp3) is 0.556. The second-order valence-corrected chi connectivity index (χ2v) is 6.43. The first-order valence-electron chi connectivity index (χ1n) is 8.34. The molecule has 5 nitrogen and oxygen atoms in total. The van der Waals surface area contributed by atoms with E-state index in [1.54, 1.807) is 6.92 Å². The molecule has 0 aliphatic carbocycles. The Balaban J connectivity index is 1.77. The number of nitrogens with zero attached hydrogens (tertiary/aromatic N) is 1. The Kier molecular flexibility index (Phi) is 4.66. The van der Waals surface area contributed by atoms with Crippen molar-refractivity contribution in [3.63, 3.8) is 0 Å². The third kappa shape index (κ3) is 3.24. The summed E-state index contributed by atoms with van der Waals surface area (Å²) >= 11 is 0. The Morgan fingerprint density at radius 3 is 2.91 bits per heavy atom. The molecule has 2 aliphatic heterocycles. The zero-order chi connectivity index (χ0) is 16.4. The van der Waals surface area contributed by atoms with E-state index in [2.05, 4.69) is 28.4 Å². The van der Waals surface area contributed by atoms with Crippen molar-refractivity contribution in [2.45, 2.75) is 38.8 Å². The number of hydrogen-bond acceptors (Lipinski definition) is 5. The standard InChI is InChI=1S/C18H24N2O3/c1-12(21)13(2)23-18(22)15-11-19-9-7-17(15)20-10-8-14-5-3-4-6-16(14)20/h3-6,13,15,17,19H,7-11H2,1-2H3. The predicted molar refractivity (Wildman–Crippen MR) is 88.5 cm³/mol. The number of piperidine rings is 1. The number of anilines is 1. The third-order valence-corrected chi connectivity index (χ3v) is 4.94. The highest BCUT2D eigenvalue weighted by Gasteiger charge is 2.38. The molecular weight excluding hydrogens is 292 g/mol. The van der Waals surface area contributed by atoms with Crippen molar-refractivity contribution in [3.05, 3.63) is 29.8 Å². The summed E-state index contributed by atoms with van der Waals surface area (Å²) in [6, 6.07) is 8.52. The van der Waals surface area contributed by atoms with Crippen molar-refractivity contribution in [3.8, 4) is 0 Å². The molecule has 0 aromatic heterocycles. The van der Waals surface area contributed by atoms with Crippen LogP contribution >= 0.6 is 0 Å². The highest BCUT2D eigenvalue weighted by atomic mass is 16.5. The largest absolute Gasteiger partial charge is 0.454 e. The molecule has 0 saturated carbocycles. The van der Waals surface area contributed by atoms with E-state index in [-0.39, 0.29) is 23.7 Å². The van der Waals surface area contributed by atoms with Gasteiger partial charge in [0.05, 0.1) is 5.92 Å². The molecule has 3 rings (SSSR count). The summed E-state index contributed by atoms with van der Waals surface area (Å²) in [4.78, 5) is 26.3. The number of rotatable bonds is 4. The van der Waals surface area contributed by atoms with Crippen molar-refractivity contribution in [1.29, 1.82) is 0 Å². The van der Waals surface area contributed by atoms with Gasteiger partial charge < -0.3 is 15.0 Å². The van der Waals surface area contributed by atoms with Crippen molar-refractivity contribution in [2.24, 2.45) is 5.92 Å². The molecule has 1 aromatic carbocycles. The van der Waals surface area contributed by atoms with Gasteiger partial charge in [0, 0.05) is 24.8 Å². The maximum Gasteiger partial charge on any atom is 0.313 e. The number of carbonyl (C=O) groups excluding carboxylic acids is 2. The Morgan fingerprint density at radius 2 is 2.13 bits per heavy atom. The number of esters is 1.